The minimum absolute atomic E-state index is 0.0518. The Hall–Kier alpha value is -2.63. The van der Waals surface area contributed by atoms with Crippen LogP contribution in [0.4, 0.5) is 4.79 Å². The smallest absolute Gasteiger partial charge is 0.431 e. The minimum atomic E-state index is -0.852. The number of carbonyl (C=O) groups is 3. The number of primary amides is 1. The molecule has 5 aliphatic carbocycles. The van der Waals surface area contributed by atoms with Crippen LogP contribution in [-0.4, -0.2) is 23.9 Å². The van der Waals surface area contributed by atoms with E-state index in [2.05, 4.69) is 39.8 Å². The van der Waals surface area contributed by atoms with Crippen LogP contribution in [0.5, 0.6) is 0 Å². The van der Waals surface area contributed by atoms with Crippen molar-refractivity contribution >= 4 is 17.8 Å². The van der Waals surface area contributed by atoms with Crippen molar-refractivity contribution in [3.8, 4) is 0 Å². The predicted molar refractivity (Wildman–Crippen MR) is 150 cm³/mol. The summed E-state index contributed by atoms with van der Waals surface area (Å²) in [6.07, 6.45) is 13.0. The molecule has 2 N–H and O–H groups in total. The van der Waals surface area contributed by atoms with Gasteiger partial charge in [0.05, 0.1) is 6.10 Å². The molecule has 3 fully saturated rings. The van der Waals surface area contributed by atoms with E-state index in [9.17, 15) is 14.4 Å². The zero-order valence-electron chi connectivity index (χ0n) is 24.7. The van der Waals surface area contributed by atoms with Crippen molar-refractivity contribution in [2.24, 2.45) is 39.2 Å². The van der Waals surface area contributed by atoms with E-state index in [4.69, 9.17) is 15.2 Å². The molecule has 0 unspecified atom stereocenters. The van der Waals surface area contributed by atoms with Crippen LogP contribution in [0, 0.1) is 33.5 Å². The molecule has 39 heavy (non-hydrogen) atoms. The van der Waals surface area contributed by atoms with Crippen LogP contribution in [0.15, 0.2) is 46.3 Å². The zero-order valence-corrected chi connectivity index (χ0v) is 24.7. The number of hydrogen-bond acceptors (Lipinski definition) is 5. The van der Waals surface area contributed by atoms with Crippen LogP contribution in [0.3, 0.4) is 0 Å². The molecule has 0 aromatic rings. The number of hydrogen-bond donors (Lipinski definition) is 1. The minimum Gasteiger partial charge on any atom is -0.431 e. The van der Waals surface area contributed by atoms with Crippen molar-refractivity contribution < 1.29 is 23.9 Å². The average Bonchev–Trinajstić information content (AvgIpc) is 3.04. The van der Waals surface area contributed by atoms with Gasteiger partial charge in [0.25, 0.3) is 0 Å². The molecule has 6 nitrogen and oxygen atoms in total. The van der Waals surface area contributed by atoms with Gasteiger partial charge in [0.15, 0.2) is 5.76 Å². The molecule has 6 heteroatoms. The molecule has 0 saturated heterocycles. The van der Waals surface area contributed by atoms with Crippen LogP contribution in [0.25, 0.3) is 0 Å². The molecule has 212 valence electrons. The van der Waals surface area contributed by atoms with E-state index in [1.165, 1.54) is 5.57 Å². The van der Waals surface area contributed by atoms with Crippen molar-refractivity contribution in [3.63, 3.8) is 0 Å². The summed E-state index contributed by atoms with van der Waals surface area (Å²) in [7, 11) is 0. The first-order valence-electron chi connectivity index (χ1n) is 14.7. The number of allylic oxidation sites excluding steroid dienone is 7. The van der Waals surface area contributed by atoms with Crippen LogP contribution < -0.4 is 5.73 Å². The van der Waals surface area contributed by atoms with Crippen molar-refractivity contribution in [3.05, 3.63) is 46.3 Å². The Labute approximate surface area is 233 Å². The highest BCUT2D eigenvalue weighted by atomic mass is 16.7. The lowest BCUT2D eigenvalue weighted by Crippen LogP contribution is -2.50. The molecule has 3 saturated carbocycles. The Kier molecular flexibility index (Phi) is 6.59. The Morgan fingerprint density at radius 3 is 2.33 bits per heavy atom. The molecular weight excluding hydrogens is 490 g/mol. The monoisotopic (exact) mass is 535 g/mol. The molecule has 2 bridgehead atoms. The lowest BCUT2D eigenvalue weighted by atomic mass is 9.50. The van der Waals surface area contributed by atoms with Crippen molar-refractivity contribution in [1.82, 2.24) is 0 Å². The fourth-order valence-corrected chi connectivity index (χ4v) is 8.79. The van der Waals surface area contributed by atoms with E-state index in [1.807, 2.05) is 6.92 Å². The fourth-order valence-electron chi connectivity index (χ4n) is 8.79. The number of ether oxygens (including phenoxy) is 2. The summed E-state index contributed by atoms with van der Waals surface area (Å²) in [5, 5.41) is 0. The Bertz CT molecular complexity index is 1250. The zero-order chi connectivity index (χ0) is 28.5. The lowest BCUT2D eigenvalue weighted by molar-refractivity contribution is -0.135. The van der Waals surface area contributed by atoms with Crippen molar-refractivity contribution in [2.75, 3.05) is 0 Å². The quantitative estimate of drug-likeness (QED) is 0.389. The molecule has 0 radical (unpaired) electrons. The third-order valence-corrected chi connectivity index (χ3v) is 11.3. The Morgan fingerprint density at radius 1 is 0.974 bits per heavy atom. The standard InChI is InChI=1S/C33H45NO5/c1-19(2)38-29(37)39-27-20(3)22-8-9-23-21-10-11-30(4)12-13-32(6,28(34)36)18-26(30)31(5,17-21)14-15-33(23,7)24(22)16-25(27)35/h8-9,16,19,21,26H,10-15,17-18H2,1-7H3,(H2,34,36)/t21-,26-,30+,31-,32-,33-/m1/s1. The van der Waals surface area contributed by atoms with Gasteiger partial charge in [-0.05, 0) is 112 Å². The van der Waals surface area contributed by atoms with E-state index in [0.717, 1.165) is 62.5 Å². The molecule has 0 aliphatic heterocycles. The summed E-state index contributed by atoms with van der Waals surface area (Å²) in [5.41, 5.74) is 9.62. The van der Waals surface area contributed by atoms with E-state index in [1.54, 1.807) is 19.9 Å². The highest BCUT2D eigenvalue weighted by Gasteiger charge is 2.58. The normalized spacial score (nSPS) is 39.7. The SMILES string of the molecule is CC1=C(OC(=O)OC(C)C)C(=O)C=C2C1=CC=C1[C@@H]3CC[C@@]4(C)CC[C@@](C)(C(N)=O)C[C@H]4[C@](C)(CC[C@@]21C)C3. The summed E-state index contributed by atoms with van der Waals surface area (Å²) in [6.45, 7) is 14.6. The van der Waals surface area contributed by atoms with Gasteiger partial charge in [0.2, 0.25) is 11.7 Å². The van der Waals surface area contributed by atoms with E-state index < -0.39 is 11.6 Å². The van der Waals surface area contributed by atoms with Crippen molar-refractivity contribution in [2.45, 2.75) is 106 Å². The highest BCUT2D eigenvalue weighted by molar-refractivity contribution is 6.08. The van der Waals surface area contributed by atoms with Gasteiger partial charge in [0, 0.05) is 16.4 Å². The average molecular weight is 536 g/mol. The second kappa shape index (κ2) is 9.21. The number of rotatable bonds is 3. The second-order valence-corrected chi connectivity index (χ2v) is 14.4. The number of amides is 1. The first-order chi connectivity index (χ1) is 18.1. The lowest BCUT2D eigenvalue weighted by Gasteiger charge is -2.54. The summed E-state index contributed by atoms with van der Waals surface area (Å²) in [5.74, 6) is 0.449. The van der Waals surface area contributed by atoms with E-state index in [0.29, 0.717) is 17.4 Å². The maximum atomic E-state index is 13.3. The summed E-state index contributed by atoms with van der Waals surface area (Å²) < 4.78 is 10.5. The fraction of sp³-hybridized carbons (Fsp3) is 0.667. The van der Waals surface area contributed by atoms with Gasteiger partial charge in [-0.1, -0.05) is 45.4 Å². The molecule has 6 atom stereocenters. The Morgan fingerprint density at radius 2 is 1.67 bits per heavy atom. The first kappa shape index (κ1) is 27.9. The third-order valence-electron chi connectivity index (χ3n) is 11.3. The molecule has 0 aromatic carbocycles. The van der Waals surface area contributed by atoms with Crippen LogP contribution in [0.1, 0.15) is 99.8 Å². The van der Waals surface area contributed by atoms with Gasteiger partial charge in [-0.15, -0.1) is 0 Å². The molecule has 0 aromatic heterocycles. The number of nitrogens with two attached hydrogens (primary N) is 1. The summed E-state index contributed by atoms with van der Waals surface area (Å²) in [4.78, 5) is 38.1. The third kappa shape index (κ3) is 4.42. The van der Waals surface area contributed by atoms with Gasteiger partial charge in [-0.25, -0.2) is 4.79 Å². The molecule has 5 rings (SSSR count). The Balaban J connectivity index is 1.51. The van der Waals surface area contributed by atoms with Crippen molar-refractivity contribution in [1.29, 1.82) is 0 Å². The van der Waals surface area contributed by atoms with E-state index in [-0.39, 0.29) is 39.8 Å². The van der Waals surface area contributed by atoms with Gasteiger partial charge < -0.3 is 15.2 Å². The largest absolute Gasteiger partial charge is 0.514 e. The number of carbonyl (C=O) groups excluding carboxylic acids is 3. The number of fused-ring (bicyclic) bond motifs is 8. The molecule has 0 heterocycles. The maximum Gasteiger partial charge on any atom is 0.514 e. The van der Waals surface area contributed by atoms with Gasteiger partial charge in [-0.2, -0.15) is 0 Å². The molecule has 5 aliphatic rings. The van der Waals surface area contributed by atoms with Crippen LogP contribution >= 0.6 is 0 Å². The summed E-state index contributed by atoms with van der Waals surface area (Å²) in [6, 6.07) is 0. The van der Waals surface area contributed by atoms with Gasteiger partial charge in [-0.3, -0.25) is 9.59 Å². The molecule has 0 spiro atoms. The number of ketones is 1. The molecule has 1 amide bonds. The summed E-state index contributed by atoms with van der Waals surface area (Å²) >= 11 is 0. The van der Waals surface area contributed by atoms with Crippen LogP contribution in [-0.2, 0) is 19.1 Å². The van der Waals surface area contributed by atoms with Gasteiger partial charge >= 0.3 is 6.16 Å². The topological polar surface area (TPSA) is 95.7 Å². The van der Waals surface area contributed by atoms with Crippen LogP contribution in [0.2, 0.25) is 0 Å². The molecular formula is C33H45NO5. The predicted octanol–water partition coefficient (Wildman–Crippen LogP) is 7.10. The van der Waals surface area contributed by atoms with Gasteiger partial charge in [0.1, 0.15) is 0 Å². The maximum absolute atomic E-state index is 13.3. The second-order valence-electron chi connectivity index (χ2n) is 14.4. The van der Waals surface area contributed by atoms with E-state index >= 15 is 0 Å². The highest BCUT2D eigenvalue weighted by Crippen LogP contribution is 2.67. The first-order valence-corrected chi connectivity index (χ1v) is 14.7.